The number of nitrogens with one attached hydrogen (secondary N) is 1. The number of hydrogen-bond donors (Lipinski definition) is 2. The number of hydrogen-bond acceptors (Lipinski definition) is 4. The molecule has 0 saturated carbocycles. The number of guanidine groups is 1. The molecule has 168 valence electrons. The van der Waals surface area contributed by atoms with Gasteiger partial charge in [-0.1, -0.05) is 12.1 Å². The SMILES string of the molecule is CCNC(=NCc1cccnc1Oc1cccc(F)c1)N1CCCC(CC(N)=O)C1.I. The molecule has 1 aliphatic heterocycles. The molecule has 0 bridgehead atoms. The molecule has 0 aliphatic carbocycles. The molecule has 3 rings (SSSR count). The molecule has 1 aliphatic rings. The van der Waals surface area contributed by atoms with Crippen LogP contribution in [-0.4, -0.2) is 41.4 Å². The average molecular weight is 541 g/mol. The fraction of sp³-hybridized carbons (Fsp3) is 0.409. The molecule has 0 spiro atoms. The van der Waals surface area contributed by atoms with Crippen molar-refractivity contribution in [3.8, 4) is 11.6 Å². The summed E-state index contributed by atoms with van der Waals surface area (Å²) in [5.41, 5.74) is 6.17. The molecule has 1 aromatic carbocycles. The number of nitrogens with two attached hydrogens (primary N) is 1. The molecular formula is C22H29FIN5O2. The predicted molar refractivity (Wildman–Crippen MR) is 129 cm³/mol. The first-order chi connectivity index (χ1) is 14.5. The van der Waals surface area contributed by atoms with Gasteiger partial charge in [-0.3, -0.25) is 4.79 Å². The third-order valence-corrected chi connectivity index (χ3v) is 4.90. The lowest BCUT2D eigenvalue weighted by atomic mass is 9.95. The molecule has 0 radical (unpaired) electrons. The molecule has 2 aromatic rings. The maximum absolute atomic E-state index is 13.5. The van der Waals surface area contributed by atoms with Crippen LogP contribution < -0.4 is 15.8 Å². The Balaban J connectivity index is 0.00000341. The lowest BCUT2D eigenvalue weighted by molar-refractivity contribution is -0.119. The Morgan fingerprint density at radius 1 is 1.39 bits per heavy atom. The van der Waals surface area contributed by atoms with Crippen LogP contribution in [0.25, 0.3) is 0 Å². The lowest BCUT2D eigenvalue weighted by Gasteiger charge is -2.34. The first kappa shape index (κ1) is 24.8. The normalized spacial score (nSPS) is 16.4. The standard InChI is InChI=1S/C22H28FN5O2.HI/c1-2-25-22(28-11-5-6-16(15-28)12-20(24)29)27-14-17-7-4-10-26-21(17)30-19-9-3-8-18(23)13-19;/h3-4,7-10,13,16H,2,5-6,11-12,14-15H2,1H3,(H2,24,29)(H,25,27);1H. The number of rotatable bonds is 7. The molecule has 1 unspecified atom stereocenters. The van der Waals surface area contributed by atoms with Crippen molar-refractivity contribution in [3.05, 3.63) is 54.0 Å². The van der Waals surface area contributed by atoms with E-state index in [-0.39, 0.29) is 41.6 Å². The third-order valence-electron chi connectivity index (χ3n) is 4.90. The minimum Gasteiger partial charge on any atom is -0.439 e. The number of nitrogens with zero attached hydrogens (tertiary/aromatic N) is 3. The van der Waals surface area contributed by atoms with E-state index in [1.54, 1.807) is 18.3 Å². The molecule has 31 heavy (non-hydrogen) atoms. The molecule has 1 saturated heterocycles. The number of aromatic nitrogens is 1. The highest BCUT2D eigenvalue weighted by Gasteiger charge is 2.23. The molecular weight excluding hydrogens is 512 g/mol. The minimum atomic E-state index is -0.368. The van der Waals surface area contributed by atoms with Crippen LogP contribution in [0.5, 0.6) is 11.6 Å². The molecule has 3 N–H and O–H groups in total. The third kappa shape index (κ3) is 7.64. The van der Waals surface area contributed by atoms with E-state index >= 15 is 0 Å². The molecule has 1 atom stereocenters. The van der Waals surface area contributed by atoms with Crippen molar-refractivity contribution < 1.29 is 13.9 Å². The van der Waals surface area contributed by atoms with Crippen molar-refractivity contribution in [3.63, 3.8) is 0 Å². The van der Waals surface area contributed by atoms with Crippen LogP contribution in [0.15, 0.2) is 47.6 Å². The van der Waals surface area contributed by atoms with E-state index in [1.807, 2.05) is 19.1 Å². The maximum Gasteiger partial charge on any atom is 0.224 e. The minimum absolute atomic E-state index is 0. The van der Waals surface area contributed by atoms with E-state index in [9.17, 15) is 9.18 Å². The average Bonchev–Trinajstić information content (AvgIpc) is 2.72. The smallest absolute Gasteiger partial charge is 0.224 e. The van der Waals surface area contributed by atoms with Gasteiger partial charge in [0.25, 0.3) is 0 Å². The molecule has 1 amide bonds. The number of halogens is 2. The zero-order valence-corrected chi connectivity index (χ0v) is 19.9. The van der Waals surface area contributed by atoms with E-state index in [0.717, 1.165) is 44.0 Å². The summed E-state index contributed by atoms with van der Waals surface area (Å²) in [5, 5.41) is 3.32. The van der Waals surface area contributed by atoms with Crippen LogP contribution in [0.2, 0.25) is 0 Å². The van der Waals surface area contributed by atoms with Crippen molar-refractivity contribution in [1.82, 2.24) is 15.2 Å². The summed E-state index contributed by atoms with van der Waals surface area (Å²) in [5.74, 6) is 1.17. The monoisotopic (exact) mass is 541 g/mol. The number of carbonyl (C=O) groups is 1. The van der Waals surface area contributed by atoms with Crippen molar-refractivity contribution in [1.29, 1.82) is 0 Å². The van der Waals surface area contributed by atoms with Crippen molar-refractivity contribution in [2.75, 3.05) is 19.6 Å². The Morgan fingerprint density at radius 3 is 2.97 bits per heavy atom. The fourth-order valence-electron chi connectivity index (χ4n) is 3.57. The van der Waals surface area contributed by atoms with Crippen LogP contribution in [0.1, 0.15) is 31.7 Å². The van der Waals surface area contributed by atoms with Gasteiger partial charge in [-0.2, -0.15) is 0 Å². The van der Waals surface area contributed by atoms with Crippen LogP contribution >= 0.6 is 24.0 Å². The summed E-state index contributed by atoms with van der Waals surface area (Å²) in [6.45, 7) is 4.73. The summed E-state index contributed by atoms with van der Waals surface area (Å²) in [7, 11) is 0. The Morgan fingerprint density at radius 2 is 2.23 bits per heavy atom. The topological polar surface area (TPSA) is 92.8 Å². The maximum atomic E-state index is 13.5. The van der Waals surface area contributed by atoms with Gasteiger partial charge in [0.1, 0.15) is 11.6 Å². The zero-order valence-electron chi connectivity index (χ0n) is 17.6. The van der Waals surface area contributed by atoms with E-state index in [2.05, 4.69) is 15.2 Å². The molecule has 7 nitrogen and oxygen atoms in total. The fourth-order valence-corrected chi connectivity index (χ4v) is 3.57. The van der Waals surface area contributed by atoms with Gasteiger partial charge in [0.05, 0.1) is 6.54 Å². The number of ether oxygens (including phenoxy) is 1. The first-order valence-electron chi connectivity index (χ1n) is 10.2. The quantitative estimate of drug-likeness (QED) is 0.317. The number of amides is 1. The summed E-state index contributed by atoms with van der Waals surface area (Å²) in [6, 6.07) is 9.66. The van der Waals surface area contributed by atoms with Crippen molar-refractivity contribution in [2.24, 2.45) is 16.6 Å². The first-order valence-corrected chi connectivity index (χ1v) is 10.2. The van der Waals surface area contributed by atoms with Gasteiger partial charge in [-0.15, -0.1) is 24.0 Å². The molecule has 9 heteroatoms. The highest BCUT2D eigenvalue weighted by atomic mass is 127. The highest BCUT2D eigenvalue weighted by Crippen LogP contribution is 2.24. The number of likely N-dealkylation sites (tertiary alicyclic amines) is 1. The lowest BCUT2D eigenvalue weighted by Crippen LogP contribution is -2.47. The number of aliphatic imine (C=N–C) groups is 1. The van der Waals surface area contributed by atoms with E-state index in [1.165, 1.54) is 12.1 Å². The Labute approximate surface area is 199 Å². The van der Waals surface area contributed by atoms with Gasteiger partial charge in [-0.25, -0.2) is 14.4 Å². The van der Waals surface area contributed by atoms with Gasteiger partial charge in [0, 0.05) is 43.9 Å². The number of benzene rings is 1. The summed E-state index contributed by atoms with van der Waals surface area (Å²) in [4.78, 5) is 22.5. The van der Waals surface area contributed by atoms with Crippen molar-refractivity contribution in [2.45, 2.75) is 32.7 Å². The highest BCUT2D eigenvalue weighted by molar-refractivity contribution is 14.0. The second-order valence-electron chi connectivity index (χ2n) is 7.32. The predicted octanol–water partition coefficient (Wildman–Crippen LogP) is 3.68. The molecule has 2 heterocycles. The van der Waals surface area contributed by atoms with Crippen LogP contribution in [-0.2, 0) is 11.3 Å². The van der Waals surface area contributed by atoms with Gasteiger partial charge in [-0.05, 0) is 43.9 Å². The van der Waals surface area contributed by atoms with Gasteiger partial charge in [0.15, 0.2) is 5.96 Å². The second kappa shape index (κ2) is 12.4. The van der Waals surface area contributed by atoms with E-state index < -0.39 is 0 Å². The summed E-state index contributed by atoms with van der Waals surface area (Å²) < 4.78 is 19.2. The molecule has 1 fully saturated rings. The largest absolute Gasteiger partial charge is 0.439 e. The number of piperidine rings is 1. The molecule has 1 aromatic heterocycles. The van der Waals surface area contributed by atoms with Crippen LogP contribution in [0.4, 0.5) is 4.39 Å². The summed E-state index contributed by atoms with van der Waals surface area (Å²) in [6.07, 6.45) is 4.01. The van der Waals surface area contributed by atoms with E-state index in [4.69, 9.17) is 15.5 Å². The van der Waals surface area contributed by atoms with Crippen molar-refractivity contribution >= 4 is 35.8 Å². The zero-order chi connectivity index (χ0) is 21.3. The number of carbonyl (C=O) groups excluding carboxylic acids is 1. The van der Waals surface area contributed by atoms with Crippen LogP contribution in [0.3, 0.4) is 0 Å². The van der Waals surface area contributed by atoms with Crippen LogP contribution in [0, 0.1) is 11.7 Å². The number of primary amides is 1. The Kier molecular flexibility index (Phi) is 9.96. The van der Waals surface area contributed by atoms with Gasteiger partial charge < -0.3 is 20.7 Å². The van der Waals surface area contributed by atoms with E-state index in [0.29, 0.717) is 24.6 Å². The number of pyridine rings is 1. The summed E-state index contributed by atoms with van der Waals surface area (Å²) >= 11 is 0. The van der Waals surface area contributed by atoms with Gasteiger partial charge >= 0.3 is 0 Å². The van der Waals surface area contributed by atoms with Gasteiger partial charge in [0.2, 0.25) is 11.8 Å². The Hall–Kier alpha value is -2.43. The second-order valence-corrected chi connectivity index (χ2v) is 7.32. The Bertz CT molecular complexity index is 896.